The van der Waals surface area contributed by atoms with Crippen molar-refractivity contribution in [2.24, 2.45) is 17.6 Å². The largest absolute Gasteiger partial charge is 0.327 e. The first-order valence-corrected chi connectivity index (χ1v) is 7.84. The molecule has 2 aliphatic rings. The maximum Gasteiger partial charge on any atom is 0.238 e. The molecule has 3 rings (SSSR count). The van der Waals surface area contributed by atoms with Crippen molar-refractivity contribution in [3.8, 4) is 0 Å². The first-order valence-electron chi connectivity index (χ1n) is 7.84. The number of aromatic nitrogens is 2. The third kappa shape index (κ3) is 2.96. The average Bonchev–Trinajstić information content (AvgIpc) is 2.97. The minimum atomic E-state index is 0.0369. The molecule has 0 radical (unpaired) electrons. The normalized spacial score (nSPS) is 29.4. The number of rotatable bonds is 3. The smallest absolute Gasteiger partial charge is 0.238 e. The summed E-state index contributed by atoms with van der Waals surface area (Å²) in [5.74, 6) is 1.29. The second-order valence-corrected chi connectivity index (χ2v) is 6.57. The third-order valence-corrected chi connectivity index (χ3v) is 4.99. The van der Waals surface area contributed by atoms with Crippen molar-refractivity contribution in [1.82, 2.24) is 15.1 Å². The van der Waals surface area contributed by atoms with Gasteiger partial charge in [0.05, 0.1) is 23.6 Å². The highest BCUT2D eigenvalue weighted by molar-refractivity contribution is 5.93. The van der Waals surface area contributed by atoms with E-state index in [-0.39, 0.29) is 5.91 Å². The van der Waals surface area contributed by atoms with Crippen LogP contribution in [0.1, 0.15) is 30.7 Å². The molecule has 6 nitrogen and oxygen atoms in total. The van der Waals surface area contributed by atoms with Crippen LogP contribution in [0.3, 0.4) is 0 Å². The molecule has 6 heteroatoms. The summed E-state index contributed by atoms with van der Waals surface area (Å²) in [4.78, 5) is 14.5. The van der Waals surface area contributed by atoms with E-state index < -0.39 is 0 Å². The number of aryl methyl sites for hydroxylation is 2. The predicted octanol–water partition coefficient (Wildman–Crippen LogP) is 1.02. The molecule has 1 aromatic heterocycles. The highest BCUT2D eigenvalue weighted by Gasteiger charge is 2.39. The summed E-state index contributed by atoms with van der Waals surface area (Å²) >= 11 is 0. The van der Waals surface area contributed by atoms with Crippen molar-refractivity contribution >= 4 is 11.6 Å². The summed E-state index contributed by atoms with van der Waals surface area (Å²) in [6.45, 7) is 6.23. The van der Waals surface area contributed by atoms with Gasteiger partial charge >= 0.3 is 0 Å². The number of hydrogen-bond acceptors (Lipinski definition) is 4. The number of aromatic amines is 1. The molecule has 1 saturated carbocycles. The van der Waals surface area contributed by atoms with Gasteiger partial charge in [0.25, 0.3) is 0 Å². The van der Waals surface area contributed by atoms with Crippen molar-refractivity contribution in [2.75, 3.05) is 25.0 Å². The third-order valence-electron chi connectivity index (χ3n) is 4.99. The zero-order valence-electron chi connectivity index (χ0n) is 12.9. The Morgan fingerprint density at radius 2 is 2.24 bits per heavy atom. The molecule has 2 fully saturated rings. The Hall–Kier alpha value is -1.40. The average molecular weight is 291 g/mol. The van der Waals surface area contributed by atoms with E-state index in [2.05, 4.69) is 20.4 Å². The number of likely N-dealkylation sites (tertiary alicyclic amines) is 1. The standard InChI is InChI=1S/C15H25N5O/c1-9-15(10(2)19-18-9)17-14(21)8-20-6-11-4-3-5-13(16)12(11)7-20/h11-13H,3-8,16H2,1-2H3,(H,17,21)(H,18,19). The van der Waals surface area contributed by atoms with Crippen molar-refractivity contribution < 1.29 is 4.79 Å². The monoisotopic (exact) mass is 291 g/mol. The SMILES string of the molecule is Cc1n[nH]c(C)c1NC(=O)CN1CC2CCCC(N)C2C1. The van der Waals surface area contributed by atoms with E-state index in [0.717, 1.165) is 36.6 Å². The van der Waals surface area contributed by atoms with Crippen molar-refractivity contribution in [1.29, 1.82) is 0 Å². The number of nitrogens with zero attached hydrogens (tertiary/aromatic N) is 2. The number of anilines is 1. The van der Waals surface area contributed by atoms with Crippen LogP contribution in [0.2, 0.25) is 0 Å². The lowest BCUT2D eigenvalue weighted by molar-refractivity contribution is -0.117. The van der Waals surface area contributed by atoms with E-state index >= 15 is 0 Å². The maximum absolute atomic E-state index is 12.2. The minimum absolute atomic E-state index is 0.0369. The number of nitrogens with two attached hydrogens (primary N) is 1. The Morgan fingerprint density at radius 1 is 1.43 bits per heavy atom. The molecule has 116 valence electrons. The van der Waals surface area contributed by atoms with E-state index in [1.807, 2.05) is 13.8 Å². The number of amides is 1. The van der Waals surface area contributed by atoms with Crippen LogP contribution in [-0.4, -0.2) is 46.7 Å². The highest BCUT2D eigenvalue weighted by Crippen LogP contribution is 2.35. The molecule has 21 heavy (non-hydrogen) atoms. The van der Waals surface area contributed by atoms with Gasteiger partial charge in [0, 0.05) is 19.1 Å². The van der Waals surface area contributed by atoms with Gasteiger partial charge in [-0.15, -0.1) is 0 Å². The number of hydrogen-bond donors (Lipinski definition) is 3. The molecule has 4 N–H and O–H groups in total. The van der Waals surface area contributed by atoms with E-state index in [1.54, 1.807) is 0 Å². The zero-order chi connectivity index (χ0) is 15.0. The second-order valence-electron chi connectivity index (χ2n) is 6.57. The van der Waals surface area contributed by atoms with Crippen LogP contribution >= 0.6 is 0 Å². The molecule has 0 bridgehead atoms. The van der Waals surface area contributed by atoms with Gasteiger partial charge in [-0.2, -0.15) is 5.10 Å². The summed E-state index contributed by atoms with van der Waals surface area (Å²) in [5.41, 5.74) is 8.77. The summed E-state index contributed by atoms with van der Waals surface area (Å²) < 4.78 is 0. The number of carbonyl (C=O) groups is 1. The summed E-state index contributed by atoms with van der Waals surface area (Å²) in [7, 11) is 0. The number of fused-ring (bicyclic) bond motifs is 1. The van der Waals surface area contributed by atoms with Crippen LogP contribution in [-0.2, 0) is 4.79 Å². The first-order chi connectivity index (χ1) is 10.0. The van der Waals surface area contributed by atoms with Gasteiger partial charge in [0.2, 0.25) is 5.91 Å². The molecule has 3 atom stereocenters. The fourth-order valence-electron chi connectivity index (χ4n) is 3.86. The van der Waals surface area contributed by atoms with E-state index in [0.29, 0.717) is 24.4 Å². The van der Waals surface area contributed by atoms with Crippen LogP contribution in [0.15, 0.2) is 0 Å². The predicted molar refractivity (Wildman–Crippen MR) is 81.9 cm³/mol. The molecule has 3 unspecified atom stereocenters. The van der Waals surface area contributed by atoms with Gasteiger partial charge in [-0.25, -0.2) is 0 Å². The van der Waals surface area contributed by atoms with Gasteiger partial charge in [0.1, 0.15) is 0 Å². The van der Waals surface area contributed by atoms with Crippen LogP contribution in [0.25, 0.3) is 0 Å². The quantitative estimate of drug-likeness (QED) is 0.776. The highest BCUT2D eigenvalue weighted by atomic mass is 16.2. The Balaban J connectivity index is 1.56. The lowest BCUT2D eigenvalue weighted by Gasteiger charge is -2.29. The van der Waals surface area contributed by atoms with Gasteiger partial charge in [-0.05, 0) is 38.5 Å². The molecule has 0 aromatic carbocycles. The van der Waals surface area contributed by atoms with E-state index in [9.17, 15) is 4.79 Å². The Morgan fingerprint density at radius 3 is 2.90 bits per heavy atom. The first kappa shape index (κ1) is 14.5. The molecular weight excluding hydrogens is 266 g/mol. The summed E-state index contributed by atoms with van der Waals surface area (Å²) in [6, 6.07) is 0.315. The molecule has 0 spiro atoms. The van der Waals surface area contributed by atoms with E-state index in [1.165, 1.54) is 12.8 Å². The van der Waals surface area contributed by atoms with Gasteiger partial charge < -0.3 is 11.1 Å². The summed E-state index contributed by atoms with van der Waals surface area (Å²) in [6.07, 6.45) is 3.63. The van der Waals surface area contributed by atoms with Gasteiger partial charge in [-0.1, -0.05) is 6.42 Å². The van der Waals surface area contributed by atoms with Crippen LogP contribution in [0.4, 0.5) is 5.69 Å². The second kappa shape index (κ2) is 5.77. The fraction of sp³-hybridized carbons (Fsp3) is 0.733. The molecule has 1 aliphatic heterocycles. The van der Waals surface area contributed by atoms with Crippen molar-refractivity contribution in [2.45, 2.75) is 39.2 Å². The summed E-state index contributed by atoms with van der Waals surface area (Å²) in [5, 5.41) is 9.96. The lowest BCUT2D eigenvalue weighted by atomic mass is 9.78. The molecule has 1 saturated heterocycles. The van der Waals surface area contributed by atoms with Crippen molar-refractivity contribution in [3.63, 3.8) is 0 Å². The van der Waals surface area contributed by atoms with E-state index in [4.69, 9.17) is 5.73 Å². The Bertz CT molecular complexity index is 507. The number of H-pyrrole nitrogens is 1. The molecule has 1 aliphatic carbocycles. The number of carbonyl (C=O) groups excluding carboxylic acids is 1. The van der Waals surface area contributed by atoms with Crippen LogP contribution < -0.4 is 11.1 Å². The molecular formula is C15H25N5O. The molecule has 1 aromatic rings. The topological polar surface area (TPSA) is 87.0 Å². The van der Waals surface area contributed by atoms with Gasteiger partial charge in [-0.3, -0.25) is 14.8 Å². The zero-order valence-corrected chi connectivity index (χ0v) is 12.9. The maximum atomic E-state index is 12.2. The molecule has 1 amide bonds. The van der Waals surface area contributed by atoms with Crippen molar-refractivity contribution in [3.05, 3.63) is 11.4 Å². The minimum Gasteiger partial charge on any atom is -0.327 e. The Labute approximate surface area is 125 Å². The van der Waals surface area contributed by atoms with Crippen LogP contribution in [0.5, 0.6) is 0 Å². The lowest BCUT2D eigenvalue weighted by Crippen LogP contribution is -2.38. The van der Waals surface area contributed by atoms with Crippen LogP contribution in [0, 0.1) is 25.7 Å². The molecule has 2 heterocycles. The number of nitrogens with one attached hydrogen (secondary N) is 2. The fourth-order valence-corrected chi connectivity index (χ4v) is 3.86. The Kier molecular flexibility index (Phi) is 3.99. The van der Waals surface area contributed by atoms with Gasteiger partial charge in [0.15, 0.2) is 0 Å².